The molecule has 136 valence electrons. The predicted molar refractivity (Wildman–Crippen MR) is 106 cm³/mol. The molecular formula is C18H20N4O2S2. The summed E-state index contributed by atoms with van der Waals surface area (Å²) in [5, 5.41) is 4.22. The number of hydrogen-bond donors (Lipinski definition) is 1. The summed E-state index contributed by atoms with van der Waals surface area (Å²) in [4.78, 5) is 25.7. The maximum Gasteiger partial charge on any atom is 0.226 e. The summed E-state index contributed by atoms with van der Waals surface area (Å²) in [6, 6.07) is 5.73. The highest BCUT2D eigenvalue weighted by Crippen LogP contribution is 2.32. The molecule has 0 saturated heterocycles. The molecule has 2 heterocycles. The summed E-state index contributed by atoms with van der Waals surface area (Å²) < 4.78 is 6.29. The van der Waals surface area contributed by atoms with Crippen LogP contribution in [0.15, 0.2) is 23.4 Å². The van der Waals surface area contributed by atoms with Crippen LogP contribution in [0.1, 0.15) is 23.4 Å². The van der Waals surface area contributed by atoms with Crippen molar-refractivity contribution < 1.29 is 9.53 Å². The highest BCUT2D eigenvalue weighted by atomic mass is 32.2. The number of methoxy groups -OCH3 is 1. The number of aromatic nitrogens is 3. The second-order valence-corrected chi connectivity index (χ2v) is 7.54. The van der Waals surface area contributed by atoms with Gasteiger partial charge in [0.15, 0.2) is 10.3 Å². The van der Waals surface area contributed by atoms with Crippen LogP contribution in [0.2, 0.25) is 0 Å². The Balaban J connectivity index is 1.68. The van der Waals surface area contributed by atoms with Gasteiger partial charge in [-0.25, -0.2) is 15.0 Å². The number of thioether (sulfide) groups is 1. The second-order valence-electron chi connectivity index (χ2n) is 5.73. The number of ether oxygens (including phenoxy) is 1. The number of rotatable bonds is 6. The zero-order valence-corrected chi connectivity index (χ0v) is 16.8. The summed E-state index contributed by atoms with van der Waals surface area (Å²) in [6.45, 7) is 3.92. The molecule has 0 saturated carbocycles. The predicted octanol–water partition coefficient (Wildman–Crippen LogP) is 4.00. The number of hydrogen-bond acceptors (Lipinski definition) is 7. The van der Waals surface area contributed by atoms with Crippen LogP contribution in [0, 0.1) is 13.8 Å². The number of nitrogens with one attached hydrogen (secondary N) is 1. The van der Waals surface area contributed by atoms with E-state index in [-0.39, 0.29) is 5.91 Å². The zero-order chi connectivity index (χ0) is 18.7. The first kappa shape index (κ1) is 18.6. The van der Waals surface area contributed by atoms with Crippen LogP contribution < -0.4 is 10.1 Å². The molecule has 1 aromatic carbocycles. The third-order valence-corrected chi connectivity index (χ3v) is 5.52. The highest BCUT2D eigenvalue weighted by Gasteiger charge is 2.13. The van der Waals surface area contributed by atoms with Crippen molar-refractivity contribution in [2.75, 3.05) is 18.7 Å². The number of para-hydroxylation sites is 1. The Labute approximate surface area is 160 Å². The molecule has 0 unspecified atom stereocenters. The lowest BCUT2D eigenvalue weighted by molar-refractivity contribution is -0.116. The molecule has 0 bridgehead atoms. The quantitative estimate of drug-likeness (QED) is 0.508. The summed E-state index contributed by atoms with van der Waals surface area (Å²) in [7, 11) is 1.61. The van der Waals surface area contributed by atoms with Crippen LogP contribution in [0.4, 0.5) is 5.13 Å². The average Bonchev–Trinajstić information content (AvgIpc) is 3.02. The molecule has 3 aromatic rings. The van der Waals surface area contributed by atoms with Gasteiger partial charge in [0.25, 0.3) is 0 Å². The Morgan fingerprint density at radius 2 is 1.96 bits per heavy atom. The molecule has 0 radical (unpaired) electrons. The van der Waals surface area contributed by atoms with Crippen LogP contribution in [0.25, 0.3) is 10.2 Å². The Morgan fingerprint density at radius 1 is 1.23 bits per heavy atom. The van der Waals surface area contributed by atoms with E-state index in [0.717, 1.165) is 32.3 Å². The van der Waals surface area contributed by atoms with Crippen molar-refractivity contribution >= 4 is 44.4 Å². The van der Waals surface area contributed by atoms with Crippen molar-refractivity contribution in [2.45, 2.75) is 31.8 Å². The van der Waals surface area contributed by atoms with Crippen molar-refractivity contribution in [3.63, 3.8) is 0 Å². The zero-order valence-electron chi connectivity index (χ0n) is 15.1. The first-order chi connectivity index (χ1) is 12.5. The van der Waals surface area contributed by atoms with E-state index in [1.54, 1.807) is 7.11 Å². The van der Waals surface area contributed by atoms with Crippen LogP contribution in [0.5, 0.6) is 5.75 Å². The molecule has 3 rings (SSSR count). The number of fused-ring (bicyclic) bond motifs is 1. The molecule has 0 fully saturated rings. The minimum atomic E-state index is -0.0734. The fourth-order valence-electron chi connectivity index (χ4n) is 2.72. The van der Waals surface area contributed by atoms with Crippen LogP contribution in [-0.4, -0.2) is 34.2 Å². The smallest absolute Gasteiger partial charge is 0.226 e. The number of amides is 1. The van der Waals surface area contributed by atoms with Crippen molar-refractivity contribution in [3.8, 4) is 5.75 Å². The van der Waals surface area contributed by atoms with E-state index in [0.29, 0.717) is 23.7 Å². The SMILES string of the molecule is COc1cccc2sc(NC(=O)CCc3c(C)nc(SC)nc3C)nc12. The first-order valence-corrected chi connectivity index (χ1v) is 10.2. The van der Waals surface area contributed by atoms with E-state index in [4.69, 9.17) is 4.74 Å². The minimum absolute atomic E-state index is 0.0734. The van der Waals surface area contributed by atoms with Gasteiger partial charge in [-0.05, 0) is 44.2 Å². The minimum Gasteiger partial charge on any atom is -0.494 e. The molecule has 0 aliphatic heterocycles. The van der Waals surface area contributed by atoms with E-state index < -0.39 is 0 Å². The number of nitrogens with zero attached hydrogens (tertiary/aromatic N) is 3. The van der Waals surface area contributed by atoms with Crippen LogP contribution in [-0.2, 0) is 11.2 Å². The maximum absolute atomic E-state index is 12.3. The lowest BCUT2D eigenvalue weighted by Gasteiger charge is -2.09. The second kappa shape index (κ2) is 8.01. The molecule has 8 heteroatoms. The first-order valence-electron chi connectivity index (χ1n) is 8.13. The number of carbonyl (C=O) groups excluding carboxylic acids is 1. The number of carbonyl (C=O) groups is 1. The molecule has 2 aromatic heterocycles. The maximum atomic E-state index is 12.3. The summed E-state index contributed by atoms with van der Waals surface area (Å²) in [5.74, 6) is 0.632. The van der Waals surface area contributed by atoms with Gasteiger partial charge in [-0.15, -0.1) is 0 Å². The van der Waals surface area contributed by atoms with Crippen LogP contribution in [0.3, 0.4) is 0 Å². The van der Waals surface area contributed by atoms with E-state index in [9.17, 15) is 4.79 Å². The lowest BCUT2D eigenvalue weighted by atomic mass is 10.1. The Hall–Kier alpha value is -2.19. The number of aryl methyl sites for hydroxylation is 2. The third kappa shape index (κ3) is 3.96. The molecule has 26 heavy (non-hydrogen) atoms. The standard InChI is InChI=1S/C18H20N4O2S2/c1-10-12(11(2)20-17(19-10)25-4)8-9-15(23)21-18-22-16-13(24-3)6-5-7-14(16)26-18/h5-7H,8-9H2,1-4H3,(H,21,22,23). The van der Waals surface area contributed by atoms with Gasteiger partial charge in [-0.2, -0.15) is 0 Å². The lowest BCUT2D eigenvalue weighted by Crippen LogP contribution is -2.13. The van der Waals surface area contributed by atoms with Crippen LogP contribution >= 0.6 is 23.1 Å². The number of benzene rings is 1. The average molecular weight is 389 g/mol. The summed E-state index contributed by atoms with van der Waals surface area (Å²) in [6.07, 6.45) is 2.91. The molecule has 0 spiro atoms. The van der Waals surface area contributed by atoms with E-state index in [1.807, 2.05) is 38.3 Å². The van der Waals surface area contributed by atoms with E-state index in [1.165, 1.54) is 23.1 Å². The van der Waals surface area contributed by atoms with Gasteiger partial charge in [-0.3, -0.25) is 4.79 Å². The van der Waals surface area contributed by atoms with Crippen molar-refractivity contribution in [1.82, 2.24) is 15.0 Å². The van der Waals surface area contributed by atoms with E-state index in [2.05, 4.69) is 20.3 Å². The Bertz CT molecular complexity index is 933. The summed E-state index contributed by atoms with van der Waals surface area (Å²) >= 11 is 2.96. The molecule has 1 N–H and O–H groups in total. The fraction of sp³-hybridized carbons (Fsp3) is 0.333. The monoisotopic (exact) mass is 388 g/mol. The number of thiazole rings is 1. The molecule has 0 aliphatic rings. The molecule has 6 nitrogen and oxygen atoms in total. The summed E-state index contributed by atoms with van der Waals surface area (Å²) in [5.41, 5.74) is 3.66. The Morgan fingerprint density at radius 3 is 2.62 bits per heavy atom. The van der Waals surface area contributed by atoms with Gasteiger partial charge in [0.1, 0.15) is 11.3 Å². The largest absolute Gasteiger partial charge is 0.494 e. The van der Waals surface area contributed by atoms with Gasteiger partial charge in [-0.1, -0.05) is 29.2 Å². The molecule has 1 amide bonds. The van der Waals surface area contributed by atoms with Crippen molar-refractivity contribution in [3.05, 3.63) is 35.2 Å². The molecule has 0 aliphatic carbocycles. The van der Waals surface area contributed by atoms with Gasteiger partial charge in [0, 0.05) is 17.8 Å². The van der Waals surface area contributed by atoms with Crippen molar-refractivity contribution in [2.24, 2.45) is 0 Å². The van der Waals surface area contributed by atoms with Gasteiger partial charge in [0.2, 0.25) is 5.91 Å². The van der Waals surface area contributed by atoms with E-state index >= 15 is 0 Å². The molecule has 0 atom stereocenters. The van der Waals surface area contributed by atoms with Crippen molar-refractivity contribution in [1.29, 1.82) is 0 Å². The Kier molecular flexibility index (Phi) is 5.73. The number of anilines is 1. The van der Waals surface area contributed by atoms with Gasteiger partial charge in [0.05, 0.1) is 11.8 Å². The normalized spacial score (nSPS) is 10.9. The highest BCUT2D eigenvalue weighted by molar-refractivity contribution is 7.98. The van der Waals surface area contributed by atoms with Gasteiger partial charge < -0.3 is 10.1 Å². The topological polar surface area (TPSA) is 77.0 Å². The third-order valence-electron chi connectivity index (χ3n) is 4.03. The molecular weight excluding hydrogens is 368 g/mol. The fourth-order valence-corrected chi connectivity index (χ4v) is 4.08. The van der Waals surface area contributed by atoms with Gasteiger partial charge >= 0.3 is 0 Å².